The quantitative estimate of drug-likeness (QED) is 0.117. The van der Waals surface area contributed by atoms with Crippen molar-refractivity contribution in [3.05, 3.63) is 64.4 Å². The number of alkyl halides is 2. The summed E-state index contributed by atoms with van der Waals surface area (Å²) in [5.74, 6) is -0.542. The van der Waals surface area contributed by atoms with E-state index in [4.69, 9.17) is 16.2 Å². The summed E-state index contributed by atoms with van der Waals surface area (Å²) in [5.41, 5.74) is 12.4. The Hall–Kier alpha value is -5.69. The third-order valence-electron chi connectivity index (χ3n) is 11.9. The molecule has 5 heterocycles. The van der Waals surface area contributed by atoms with Crippen molar-refractivity contribution in [3.63, 3.8) is 0 Å². The number of morpholine rings is 1. The second-order valence-electron chi connectivity index (χ2n) is 15.8. The fourth-order valence-corrected chi connectivity index (χ4v) is 8.47. The maximum absolute atomic E-state index is 13.9. The van der Waals surface area contributed by atoms with Gasteiger partial charge in [0.25, 0.3) is 12.3 Å². The highest BCUT2D eigenvalue weighted by Gasteiger charge is 2.36. The van der Waals surface area contributed by atoms with Crippen LogP contribution in [0.3, 0.4) is 0 Å². The minimum atomic E-state index is -3.03. The van der Waals surface area contributed by atoms with Crippen molar-refractivity contribution in [2.24, 2.45) is 29.4 Å². The number of aromatic nitrogens is 4. The van der Waals surface area contributed by atoms with Gasteiger partial charge in [-0.2, -0.15) is 0 Å². The first-order valence-corrected chi connectivity index (χ1v) is 20.1. The fourth-order valence-electron chi connectivity index (χ4n) is 8.47. The summed E-state index contributed by atoms with van der Waals surface area (Å²) in [6, 6.07) is 6.86. The number of ether oxygens (including phenoxy) is 1. The second kappa shape index (κ2) is 17.7. The van der Waals surface area contributed by atoms with E-state index in [0.717, 1.165) is 62.7 Å². The number of carbonyl (C=O) groups excluding carboxylic acids is 3. The van der Waals surface area contributed by atoms with Crippen LogP contribution in [-0.2, 0) is 26.2 Å². The van der Waals surface area contributed by atoms with Gasteiger partial charge in [0.05, 0.1) is 46.7 Å². The first-order valence-electron chi connectivity index (χ1n) is 20.1. The number of para-hydroxylation sites is 1. The monoisotopic (exact) mass is 818 g/mol. The summed E-state index contributed by atoms with van der Waals surface area (Å²) in [7, 11) is 3.82. The van der Waals surface area contributed by atoms with Crippen LogP contribution in [0.15, 0.2) is 57.8 Å². The molecule has 2 atom stereocenters. The highest BCUT2D eigenvalue weighted by molar-refractivity contribution is 6.19. The molecular weight excluding hydrogens is 767 g/mol. The van der Waals surface area contributed by atoms with Gasteiger partial charge in [0, 0.05) is 70.8 Å². The van der Waals surface area contributed by atoms with Gasteiger partial charge in [-0.15, -0.1) is 0 Å². The topological polar surface area (TPSA) is 211 Å². The maximum atomic E-state index is 13.9. The highest BCUT2D eigenvalue weighted by atomic mass is 19.3. The van der Waals surface area contributed by atoms with Crippen molar-refractivity contribution in [2.45, 2.75) is 76.1 Å². The smallest absolute Gasteiger partial charge is 0.329 e. The van der Waals surface area contributed by atoms with E-state index in [2.05, 4.69) is 42.4 Å². The number of anilines is 2. The number of benzene rings is 1. The van der Waals surface area contributed by atoms with Gasteiger partial charge in [0.2, 0.25) is 11.8 Å². The Balaban J connectivity index is 0.926. The first-order chi connectivity index (χ1) is 28.3. The van der Waals surface area contributed by atoms with Gasteiger partial charge in [-0.1, -0.05) is 6.07 Å². The average molecular weight is 819 g/mol. The van der Waals surface area contributed by atoms with E-state index in [9.17, 15) is 28.0 Å². The minimum absolute atomic E-state index is 0.000165. The number of piperidine rings is 1. The van der Waals surface area contributed by atoms with E-state index in [1.807, 2.05) is 30.0 Å². The minimum Gasteiger partial charge on any atom is -0.404 e. The summed E-state index contributed by atoms with van der Waals surface area (Å²) in [6.07, 6.45) is 4.47. The lowest BCUT2D eigenvalue weighted by Crippen LogP contribution is -2.59. The van der Waals surface area contributed by atoms with Crippen molar-refractivity contribution >= 4 is 52.0 Å². The molecule has 0 bridgehead atoms. The van der Waals surface area contributed by atoms with Crippen LogP contribution in [0.5, 0.6) is 0 Å². The number of amides is 3. The van der Waals surface area contributed by atoms with E-state index >= 15 is 0 Å². The molecule has 6 N–H and O–H groups in total. The summed E-state index contributed by atoms with van der Waals surface area (Å²) in [4.78, 5) is 71.1. The van der Waals surface area contributed by atoms with Crippen molar-refractivity contribution in [1.29, 1.82) is 0 Å². The van der Waals surface area contributed by atoms with Crippen LogP contribution in [0, 0.1) is 5.92 Å². The number of aliphatic imine (C=N–C) groups is 1. The zero-order chi connectivity index (χ0) is 42.0. The van der Waals surface area contributed by atoms with Crippen LogP contribution in [0.4, 0.5) is 20.3 Å². The van der Waals surface area contributed by atoms with Crippen LogP contribution in [0.2, 0.25) is 0 Å². The number of hydrogen-bond donors (Lipinski definition) is 4. The first kappa shape index (κ1) is 41.5. The van der Waals surface area contributed by atoms with E-state index in [0.29, 0.717) is 43.0 Å². The molecule has 19 heteroatoms. The molecule has 4 aliphatic rings. The molecule has 1 unspecified atom stereocenters. The van der Waals surface area contributed by atoms with Gasteiger partial charge in [-0.3, -0.25) is 38.7 Å². The number of likely N-dealkylation sites (N-methyl/N-ethyl adjacent to an activating group) is 1. The maximum Gasteiger partial charge on any atom is 0.329 e. The zero-order valence-electron chi connectivity index (χ0n) is 33.5. The second-order valence-corrected chi connectivity index (χ2v) is 15.8. The Morgan fingerprint density at radius 3 is 2.58 bits per heavy atom. The van der Waals surface area contributed by atoms with Crippen LogP contribution in [0.1, 0.15) is 57.3 Å². The third-order valence-corrected chi connectivity index (χ3v) is 11.9. The van der Waals surface area contributed by atoms with Crippen LogP contribution in [0.25, 0.3) is 16.6 Å². The van der Waals surface area contributed by atoms with Crippen LogP contribution in [-0.4, -0.2) is 119 Å². The number of nitrogens with zero attached hydrogens (tertiary/aromatic N) is 8. The lowest BCUT2D eigenvalue weighted by Gasteiger charge is -2.46. The number of rotatable bonds is 12. The third kappa shape index (κ3) is 8.85. The summed E-state index contributed by atoms with van der Waals surface area (Å²) < 4.78 is 36.4. The number of fused-ring (bicyclic) bond motifs is 1. The Bertz CT molecular complexity index is 2220. The van der Waals surface area contributed by atoms with Gasteiger partial charge >= 0.3 is 5.69 Å². The number of aryl methyl sites for hydroxylation is 1. The summed E-state index contributed by atoms with van der Waals surface area (Å²) in [6.45, 7) is 6.11. The lowest BCUT2D eigenvalue weighted by atomic mass is 9.85. The average Bonchev–Trinajstić information content (AvgIpc) is 3.45. The van der Waals surface area contributed by atoms with Gasteiger partial charge in [0.1, 0.15) is 17.6 Å². The molecule has 1 aliphatic carbocycles. The molecule has 59 heavy (non-hydrogen) atoms. The molecule has 4 fully saturated rings. The molecule has 3 amide bonds. The molecule has 0 spiro atoms. The van der Waals surface area contributed by atoms with Crippen molar-refractivity contribution < 1.29 is 27.9 Å². The zero-order valence-corrected chi connectivity index (χ0v) is 33.5. The van der Waals surface area contributed by atoms with Crippen LogP contribution >= 0.6 is 0 Å². The normalized spacial score (nSPS) is 23.9. The molecule has 2 aromatic heterocycles. The molecular formula is C40H52F2N12O5. The predicted octanol–water partition coefficient (Wildman–Crippen LogP) is 1.63. The largest absolute Gasteiger partial charge is 0.404 e. The van der Waals surface area contributed by atoms with E-state index in [-0.39, 0.29) is 53.7 Å². The molecule has 1 saturated carbocycles. The molecule has 3 saturated heterocycles. The van der Waals surface area contributed by atoms with E-state index in [1.165, 1.54) is 17.0 Å². The Labute approximate surface area is 340 Å². The number of nitrogens with one attached hydrogen (secondary N) is 2. The van der Waals surface area contributed by atoms with Gasteiger partial charge in [0.15, 0.2) is 5.82 Å². The van der Waals surface area contributed by atoms with E-state index < -0.39 is 30.0 Å². The molecule has 316 valence electrons. The number of nitrogens with two attached hydrogens (primary N) is 2. The van der Waals surface area contributed by atoms with Crippen molar-refractivity contribution in [3.8, 4) is 0 Å². The number of imidazole rings is 1. The molecule has 7 rings (SSSR count). The SMILES string of the molecule is C[C@H]1CN(c2ccnc(C(=CN)C(=O)NC(C=NC3CCC(CN(C)C4CN(c5cccc6c5n(C)c(=O)n6C5CCC(=O)NC5=O)C4)CC3)=C(N)C(F)F)n2)CCO1. The number of imide groups is 1. The fraction of sp³-hybridized carbons (Fsp3) is 0.525. The number of hydrogen-bond acceptors (Lipinski definition) is 13. The Kier molecular flexibility index (Phi) is 12.4. The molecule has 1 aromatic carbocycles. The Morgan fingerprint density at radius 1 is 1.12 bits per heavy atom. The van der Waals surface area contributed by atoms with Gasteiger partial charge in [-0.25, -0.2) is 23.5 Å². The Morgan fingerprint density at radius 2 is 1.88 bits per heavy atom. The van der Waals surface area contributed by atoms with Gasteiger partial charge < -0.3 is 31.3 Å². The van der Waals surface area contributed by atoms with Gasteiger partial charge in [-0.05, 0) is 70.2 Å². The summed E-state index contributed by atoms with van der Waals surface area (Å²) >= 11 is 0. The standard InChI is InChI=1S/C40H52F2N12O5/c1-23-19-52(15-16-59-23)32-13-14-45-37(48-32)27(17-43)38(56)47-28(34(44)36(41)42)18-46-25-9-7-24(8-10-25)20-50(2)26-21-53(22-26)29-5-4-6-30-35(29)51(3)40(58)54(30)31-11-12-33(55)49-39(31)57/h4-6,13-14,17-18,23-26,31,36H,7-12,15-16,19-22,43-44H2,1-3H3,(H,47,56)(H,49,55,57)/t23-,24?,25?,31?/m0/s1. The number of carbonyl (C=O) groups is 3. The van der Waals surface area contributed by atoms with E-state index in [1.54, 1.807) is 17.7 Å². The molecule has 17 nitrogen and oxygen atoms in total. The van der Waals surface area contributed by atoms with Crippen molar-refractivity contribution in [2.75, 3.05) is 56.2 Å². The summed E-state index contributed by atoms with van der Waals surface area (Å²) in [5, 5.41) is 4.83. The number of halogens is 2. The van der Waals surface area contributed by atoms with Crippen LogP contribution < -0.4 is 37.6 Å². The lowest BCUT2D eigenvalue weighted by molar-refractivity contribution is -0.135. The number of allylic oxidation sites excluding steroid dienone is 2. The van der Waals surface area contributed by atoms with Crippen molar-refractivity contribution in [1.82, 2.24) is 34.6 Å². The molecule has 3 aromatic rings. The predicted molar refractivity (Wildman–Crippen MR) is 219 cm³/mol. The highest BCUT2D eigenvalue weighted by Crippen LogP contribution is 2.34. The molecule has 0 radical (unpaired) electrons. The molecule has 3 aliphatic heterocycles.